The highest BCUT2D eigenvalue weighted by Gasteiger charge is 2.22. The molecular weight excluding hydrogens is 282 g/mol. The lowest BCUT2D eigenvalue weighted by molar-refractivity contribution is 0.0633. The molecule has 3 rings (SSSR count). The van der Waals surface area contributed by atoms with Crippen LogP contribution < -0.4 is 0 Å². The highest BCUT2D eigenvalue weighted by Crippen LogP contribution is 2.15. The molecule has 0 aliphatic carbocycles. The van der Waals surface area contributed by atoms with Crippen molar-refractivity contribution in [2.75, 3.05) is 26.2 Å². The second-order valence-corrected chi connectivity index (χ2v) is 6.30. The molecule has 1 fully saturated rings. The Morgan fingerprint density at radius 3 is 2.76 bits per heavy atom. The van der Waals surface area contributed by atoms with Gasteiger partial charge in [0.25, 0.3) is 5.91 Å². The van der Waals surface area contributed by atoms with Crippen molar-refractivity contribution in [3.8, 4) is 0 Å². The van der Waals surface area contributed by atoms with Gasteiger partial charge in [-0.05, 0) is 35.6 Å². The summed E-state index contributed by atoms with van der Waals surface area (Å²) in [6.07, 6.45) is 3.75. The van der Waals surface area contributed by atoms with Crippen molar-refractivity contribution >= 4 is 17.2 Å². The summed E-state index contributed by atoms with van der Waals surface area (Å²) < 4.78 is 0. The fraction of sp³-hybridized carbons (Fsp3) is 0.375. The van der Waals surface area contributed by atoms with E-state index in [2.05, 4.69) is 22.9 Å². The fourth-order valence-corrected chi connectivity index (χ4v) is 3.28. The monoisotopic (exact) mass is 301 g/mol. The van der Waals surface area contributed by atoms with Crippen LogP contribution in [0.5, 0.6) is 0 Å². The number of pyridine rings is 1. The minimum atomic E-state index is 0.171. The van der Waals surface area contributed by atoms with Gasteiger partial charge in [-0.15, -0.1) is 11.3 Å². The van der Waals surface area contributed by atoms with Crippen LogP contribution in [0.4, 0.5) is 0 Å². The number of carbonyl (C=O) groups excluding carboxylic acids is 1. The van der Waals surface area contributed by atoms with E-state index in [1.54, 1.807) is 0 Å². The Hall–Kier alpha value is -1.72. The van der Waals surface area contributed by atoms with Crippen LogP contribution in [-0.2, 0) is 6.54 Å². The van der Waals surface area contributed by atoms with Crippen LogP contribution in [0, 0.1) is 6.92 Å². The fourth-order valence-electron chi connectivity index (χ4n) is 2.59. The van der Waals surface area contributed by atoms with Crippen molar-refractivity contribution < 1.29 is 4.79 Å². The topological polar surface area (TPSA) is 36.4 Å². The van der Waals surface area contributed by atoms with Crippen molar-refractivity contribution in [3.63, 3.8) is 0 Å². The summed E-state index contributed by atoms with van der Waals surface area (Å²) in [6, 6.07) is 5.92. The first kappa shape index (κ1) is 14.2. The van der Waals surface area contributed by atoms with Gasteiger partial charge in [0.15, 0.2) is 0 Å². The molecule has 4 nitrogen and oxygen atoms in total. The zero-order valence-corrected chi connectivity index (χ0v) is 13.0. The van der Waals surface area contributed by atoms with Crippen molar-refractivity contribution in [2.45, 2.75) is 13.5 Å². The zero-order valence-electron chi connectivity index (χ0n) is 12.2. The summed E-state index contributed by atoms with van der Waals surface area (Å²) in [7, 11) is 0. The first-order valence-electron chi connectivity index (χ1n) is 7.18. The second-order valence-electron chi connectivity index (χ2n) is 5.35. The average Bonchev–Trinajstić information content (AvgIpc) is 3.04. The molecule has 2 aromatic rings. The quantitative estimate of drug-likeness (QED) is 0.873. The first-order valence-corrected chi connectivity index (χ1v) is 8.06. The van der Waals surface area contributed by atoms with Crippen LogP contribution in [0.25, 0.3) is 0 Å². The van der Waals surface area contributed by atoms with Crippen LogP contribution >= 0.6 is 11.3 Å². The van der Waals surface area contributed by atoms with E-state index < -0.39 is 0 Å². The van der Waals surface area contributed by atoms with Crippen molar-refractivity contribution in [1.29, 1.82) is 0 Å². The molecule has 0 bridgehead atoms. The number of hydrogen-bond donors (Lipinski definition) is 0. The second kappa shape index (κ2) is 6.37. The maximum Gasteiger partial charge on any atom is 0.264 e. The number of rotatable bonds is 3. The third-order valence-corrected chi connectivity index (χ3v) is 4.78. The van der Waals surface area contributed by atoms with Gasteiger partial charge in [0.1, 0.15) is 0 Å². The lowest BCUT2D eigenvalue weighted by Crippen LogP contribution is -2.48. The van der Waals surface area contributed by atoms with E-state index in [9.17, 15) is 4.79 Å². The highest BCUT2D eigenvalue weighted by molar-refractivity contribution is 7.12. The van der Waals surface area contributed by atoms with Gasteiger partial charge in [-0.2, -0.15) is 0 Å². The van der Waals surface area contributed by atoms with Crippen molar-refractivity contribution in [1.82, 2.24) is 14.8 Å². The Labute approximate surface area is 129 Å². The van der Waals surface area contributed by atoms with E-state index in [0.717, 1.165) is 37.6 Å². The molecule has 21 heavy (non-hydrogen) atoms. The Balaban J connectivity index is 1.56. The molecule has 0 unspecified atom stereocenters. The lowest BCUT2D eigenvalue weighted by atomic mass is 10.1. The molecule has 0 aromatic carbocycles. The number of aromatic nitrogens is 1. The minimum Gasteiger partial charge on any atom is -0.335 e. The Kier molecular flexibility index (Phi) is 4.31. The van der Waals surface area contributed by atoms with E-state index in [1.165, 1.54) is 22.5 Å². The molecule has 1 aliphatic rings. The van der Waals surface area contributed by atoms with Crippen LogP contribution in [-0.4, -0.2) is 46.9 Å². The summed E-state index contributed by atoms with van der Waals surface area (Å²) in [6.45, 7) is 6.51. The predicted octanol–water partition coefficient (Wildman–Crippen LogP) is 2.41. The zero-order chi connectivity index (χ0) is 14.7. The summed E-state index contributed by atoms with van der Waals surface area (Å²) >= 11 is 1.52. The lowest BCUT2D eigenvalue weighted by Gasteiger charge is -2.34. The number of aryl methyl sites for hydroxylation is 1. The van der Waals surface area contributed by atoms with Gasteiger partial charge in [0, 0.05) is 45.1 Å². The van der Waals surface area contributed by atoms with Crippen molar-refractivity contribution in [3.05, 3.63) is 52.0 Å². The van der Waals surface area contributed by atoms with E-state index in [1.807, 2.05) is 34.8 Å². The van der Waals surface area contributed by atoms with Crippen LogP contribution in [0.2, 0.25) is 0 Å². The number of piperazine rings is 1. The molecule has 1 aliphatic heterocycles. The predicted molar refractivity (Wildman–Crippen MR) is 84.5 cm³/mol. The molecule has 110 valence electrons. The van der Waals surface area contributed by atoms with Crippen LogP contribution in [0.15, 0.2) is 36.0 Å². The summed E-state index contributed by atoms with van der Waals surface area (Å²) in [5.74, 6) is 0.171. The third-order valence-electron chi connectivity index (χ3n) is 3.92. The molecule has 0 saturated carbocycles. The highest BCUT2D eigenvalue weighted by atomic mass is 32.1. The van der Waals surface area contributed by atoms with Crippen LogP contribution in [0.1, 0.15) is 20.8 Å². The molecule has 1 saturated heterocycles. The van der Waals surface area contributed by atoms with Crippen LogP contribution in [0.3, 0.4) is 0 Å². The Bertz CT molecular complexity index is 604. The molecule has 0 radical (unpaired) electrons. The number of hydrogen-bond acceptors (Lipinski definition) is 4. The third kappa shape index (κ3) is 3.31. The minimum absolute atomic E-state index is 0.171. The van der Waals surface area contributed by atoms with Gasteiger partial charge < -0.3 is 4.90 Å². The van der Waals surface area contributed by atoms with Gasteiger partial charge in [0.05, 0.1) is 4.88 Å². The van der Waals surface area contributed by atoms with E-state index in [0.29, 0.717) is 0 Å². The summed E-state index contributed by atoms with van der Waals surface area (Å²) in [5.41, 5.74) is 2.55. The van der Waals surface area contributed by atoms with Gasteiger partial charge in [-0.25, -0.2) is 0 Å². The first-order chi connectivity index (χ1) is 10.2. The number of nitrogens with zero attached hydrogens (tertiary/aromatic N) is 3. The molecule has 5 heteroatoms. The van der Waals surface area contributed by atoms with Gasteiger partial charge in [-0.1, -0.05) is 6.07 Å². The van der Waals surface area contributed by atoms with Gasteiger partial charge >= 0.3 is 0 Å². The number of carbonyl (C=O) groups is 1. The number of thiophene rings is 1. The normalized spacial score (nSPS) is 16.1. The summed E-state index contributed by atoms with van der Waals surface area (Å²) in [4.78, 5) is 21.6. The van der Waals surface area contributed by atoms with Gasteiger partial charge in [-0.3, -0.25) is 14.7 Å². The van der Waals surface area contributed by atoms with E-state index in [4.69, 9.17) is 0 Å². The Morgan fingerprint density at radius 2 is 2.10 bits per heavy atom. The molecule has 2 aromatic heterocycles. The molecule has 0 N–H and O–H groups in total. The van der Waals surface area contributed by atoms with Gasteiger partial charge in [0.2, 0.25) is 0 Å². The maximum atomic E-state index is 12.3. The van der Waals surface area contributed by atoms with E-state index in [-0.39, 0.29) is 5.91 Å². The largest absolute Gasteiger partial charge is 0.335 e. The molecule has 0 atom stereocenters. The standard InChI is InChI=1S/C16H19N3OS/c1-13-11-17-5-4-14(13)12-18-6-8-19(9-7-18)16(20)15-3-2-10-21-15/h2-5,10-11H,6-9,12H2,1H3. The summed E-state index contributed by atoms with van der Waals surface area (Å²) in [5, 5.41) is 1.95. The number of amides is 1. The molecule has 1 amide bonds. The maximum absolute atomic E-state index is 12.3. The molecule has 0 spiro atoms. The molecular formula is C16H19N3OS. The average molecular weight is 301 g/mol. The van der Waals surface area contributed by atoms with Crippen molar-refractivity contribution in [2.24, 2.45) is 0 Å². The Morgan fingerprint density at radius 1 is 1.29 bits per heavy atom. The van der Waals surface area contributed by atoms with E-state index >= 15 is 0 Å². The SMILES string of the molecule is Cc1cnccc1CN1CCN(C(=O)c2cccs2)CC1. The smallest absolute Gasteiger partial charge is 0.264 e. The molecule has 3 heterocycles.